The van der Waals surface area contributed by atoms with Gasteiger partial charge in [-0.2, -0.15) is 0 Å². The van der Waals surface area contributed by atoms with E-state index in [2.05, 4.69) is 48.5 Å². The number of tetrazole rings is 1. The van der Waals surface area contributed by atoms with Crippen LogP contribution < -0.4 is 10.5 Å². The van der Waals surface area contributed by atoms with Crippen molar-refractivity contribution in [3.8, 4) is 0 Å². The second-order valence-corrected chi connectivity index (χ2v) is 9.73. The van der Waals surface area contributed by atoms with Crippen molar-refractivity contribution in [1.29, 1.82) is 0 Å². The topological polar surface area (TPSA) is 82.9 Å². The van der Waals surface area contributed by atoms with E-state index in [4.69, 9.17) is 0 Å². The fourth-order valence-electron chi connectivity index (χ4n) is 5.21. The maximum absolute atomic E-state index is 13.5. The molecule has 0 saturated carbocycles. The van der Waals surface area contributed by atoms with Crippen molar-refractivity contribution in [2.75, 3.05) is 31.1 Å². The molecular weight excluding hydrogens is 481 g/mol. The molecule has 1 atom stereocenters. The number of H-pyrrole nitrogens is 1. The zero-order valence-electron chi connectivity index (χ0n) is 21.1. The number of nitrogens with zero attached hydrogens (tertiary/aromatic N) is 6. The highest BCUT2D eigenvalue weighted by Crippen LogP contribution is 2.29. The summed E-state index contributed by atoms with van der Waals surface area (Å²) in [6.07, 6.45) is 0. The third kappa shape index (κ3) is 4.80. The molecule has 0 radical (unpaired) electrons. The Balaban J connectivity index is 1.39. The second-order valence-electron chi connectivity index (χ2n) is 9.73. The van der Waals surface area contributed by atoms with E-state index in [0.29, 0.717) is 17.9 Å². The van der Waals surface area contributed by atoms with Crippen molar-refractivity contribution in [2.45, 2.75) is 19.5 Å². The van der Waals surface area contributed by atoms with Crippen LogP contribution in [-0.2, 0) is 6.54 Å². The smallest absolute Gasteiger partial charge is 0.253 e. The lowest BCUT2D eigenvalue weighted by Gasteiger charge is -2.39. The van der Waals surface area contributed by atoms with Gasteiger partial charge in [-0.05, 0) is 70.8 Å². The lowest BCUT2D eigenvalue weighted by molar-refractivity contribution is 0.200. The van der Waals surface area contributed by atoms with Gasteiger partial charge in [0.25, 0.3) is 5.56 Å². The highest BCUT2D eigenvalue weighted by Gasteiger charge is 2.32. The van der Waals surface area contributed by atoms with E-state index in [1.165, 1.54) is 17.8 Å². The predicted octanol–water partition coefficient (Wildman–Crippen LogP) is 3.92. The summed E-state index contributed by atoms with van der Waals surface area (Å²) in [6.45, 7) is 5.49. The summed E-state index contributed by atoms with van der Waals surface area (Å²) in [5, 5.41) is 13.6. The van der Waals surface area contributed by atoms with Crippen LogP contribution in [0.1, 0.15) is 28.6 Å². The number of aryl methyl sites for hydroxylation is 1. The summed E-state index contributed by atoms with van der Waals surface area (Å²) < 4.78 is 15.2. The van der Waals surface area contributed by atoms with Gasteiger partial charge in [-0.3, -0.25) is 9.69 Å². The van der Waals surface area contributed by atoms with Crippen molar-refractivity contribution in [3.05, 3.63) is 118 Å². The van der Waals surface area contributed by atoms with E-state index in [0.717, 1.165) is 48.2 Å². The first kappa shape index (κ1) is 24.0. The number of hydrogen-bond acceptors (Lipinski definition) is 6. The fourth-order valence-corrected chi connectivity index (χ4v) is 5.21. The van der Waals surface area contributed by atoms with Crippen LogP contribution in [0.25, 0.3) is 10.9 Å². The largest absolute Gasteiger partial charge is 0.369 e. The summed E-state index contributed by atoms with van der Waals surface area (Å²) >= 11 is 0. The number of aromatic amines is 1. The average Bonchev–Trinajstić information content (AvgIpc) is 3.39. The number of halogens is 1. The number of rotatable bonds is 6. The van der Waals surface area contributed by atoms with Crippen LogP contribution in [0.5, 0.6) is 0 Å². The van der Waals surface area contributed by atoms with Gasteiger partial charge in [0.15, 0.2) is 5.82 Å². The molecule has 1 fully saturated rings. The van der Waals surface area contributed by atoms with Crippen molar-refractivity contribution < 1.29 is 4.39 Å². The average molecular weight is 510 g/mol. The Hall–Kier alpha value is -4.37. The van der Waals surface area contributed by atoms with Crippen LogP contribution in [0.15, 0.2) is 83.7 Å². The van der Waals surface area contributed by atoms with Crippen molar-refractivity contribution >= 4 is 16.6 Å². The maximum Gasteiger partial charge on any atom is 0.253 e. The molecular formula is C29H28FN7O. The van der Waals surface area contributed by atoms with E-state index in [1.807, 2.05) is 43.3 Å². The molecule has 0 aliphatic carbocycles. The Morgan fingerprint density at radius 1 is 0.947 bits per heavy atom. The van der Waals surface area contributed by atoms with Gasteiger partial charge in [0.1, 0.15) is 11.9 Å². The zero-order chi connectivity index (χ0) is 26.1. The fraction of sp³-hybridized carbons (Fsp3) is 0.241. The van der Waals surface area contributed by atoms with Crippen LogP contribution in [0.3, 0.4) is 0 Å². The van der Waals surface area contributed by atoms with Crippen LogP contribution in [0.2, 0.25) is 0 Å². The van der Waals surface area contributed by atoms with E-state index < -0.39 is 6.04 Å². The van der Waals surface area contributed by atoms with E-state index >= 15 is 0 Å². The molecule has 1 saturated heterocycles. The molecule has 1 unspecified atom stereocenters. The Labute approximate surface area is 219 Å². The molecule has 38 heavy (non-hydrogen) atoms. The molecule has 0 spiro atoms. The highest BCUT2D eigenvalue weighted by atomic mass is 19.1. The third-order valence-corrected chi connectivity index (χ3v) is 7.17. The van der Waals surface area contributed by atoms with Crippen molar-refractivity contribution in [3.63, 3.8) is 0 Å². The molecule has 0 bridgehead atoms. The SMILES string of the molecule is Cc1ccc2[nH]c(=O)c(C(c3nnnn3Cc3ccc(F)cc3)N3CCN(c4ccccc4)CC3)cc2c1. The molecule has 0 amide bonds. The third-order valence-electron chi connectivity index (χ3n) is 7.17. The Morgan fingerprint density at radius 2 is 1.71 bits per heavy atom. The molecule has 6 rings (SSSR count). The maximum atomic E-state index is 13.5. The lowest BCUT2D eigenvalue weighted by Crippen LogP contribution is -2.49. The molecule has 192 valence electrons. The number of aromatic nitrogens is 5. The van der Waals surface area contributed by atoms with E-state index in [9.17, 15) is 9.18 Å². The molecule has 1 aliphatic rings. The summed E-state index contributed by atoms with van der Waals surface area (Å²) in [7, 11) is 0. The minimum atomic E-state index is -0.447. The summed E-state index contributed by atoms with van der Waals surface area (Å²) in [6, 6.07) is 24.2. The molecule has 8 nitrogen and oxygen atoms in total. The van der Waals surface area contributed by atoms with Gasteiger partial charge in [0.05, 0.1) is 6.54 Å². The number of hydrogen-bond donors (Lipinski definition) is 1. The van der Waals surface area contributed by atoms with Crippen LogP contribution in [0, 0.1) is 12.7 Å². The molecule has 3 heterocycles. The Morgan fingerprint density at radius 3 is 2.47 bits per heavy atom. The lowest BCUT2D eigenvalue weighted by atomic mass is 10.0. The van der Waals surface area contributed by atoms with Gasteiger partial charge in [-0.1, -0.05) is 42.0 Å². The minimum absolute atomic E-state index is 0.159. The number of para-hydroxylation sites is 1. The van der Waals surface area contributed by atoms with E-state index in [1.54, 1.807) is 16.8 Å². The van der Waals surface area contributed by atoms with E-state index in [-0.39, 0.29) is 11.4 Å². The van der Waals surface area contributed by atoms with Crippen LogP contribution in [0.4, 0.5) is 10.1 Å². The predicted molar refractivity (Wildman–Crippen MR) is 145 cm³/mol. The minimum Gasteiger partial charge on any atom is -0.369 e. The number of benzene rings is 3. The number of nitrogens with one attached hydrogen (secondary N) is 1. The van der Waals surface area contributed by atoms with Gasteiger partial charge in [-0.25, -0.2) is 9.07 Å². The molecule has 5 aromatic rings. The van der Waals surface area contributed by atoms with Gasteiger partial charge < -0.3 is 9.88 Å². The van der Waals surface area contributed by atoms with Gasteiger partial charge in [0.2, 0.25) is 0 Å². The first-order valence-electron chi connectivity index (χ1n) is 12.7. The van der Waals surface area contributed by atoms with Gasteiger partial charge in [0, 0.05) is 42.9 Å². The molecule has 3 aromatic carbocycles. The van der Waals surface area contributed by atoms with Crippen molar-refractivity contribution in [2.24, 2.45) is 0 Å². The summed E-state index contributed by atoms with van der Waals surface area (Å²) in [5.41, 5.74) is 4.41. The quantitative estimate of drug-likeness (QED) is 0.374. The standard InChI is InChI=1S/C29H28FN7O/c1-20-7-12-26-22(17-20)18-25(29(38)31-26)27(36-15-13-35(14-16-36)24-5-3-2-4-6-24)28-32-33-34-37(28)19-21-8-10-23(30)11-9-21/h2-12,17-18,27H,13-16,19H2,1H3,(H,31,38). The number of piperazine rings is 1. The number of fused-ring (bicyclic) bond motifs is 1. The van der Waals surface area contributed by atoms with Crippen LogP contribution in [-0.4, -0.2) is 56.3 Å². The van der Waals surface area contributed by atoms with Gasteiger partial charge >= 0.3 is 0 Å². The first-order valence-corrected chi connectivity index (χ1v) is 12.7. The number of anilines is 1. The normalized spacial score (nSPS) is 15.2. The van der Waals surface area contributed by atoms with Crippen LogP contribution >= 0.6 is 0 Å². The molecule has 9 heteroatoms. The summed E-state index contributed by atoms with van der Waals surface area (Å²) in [4.78, 5) is 21.2. The van der Waals surface area contributed by atoms with Gasteiger partial charge in [-0.15, -0.1) is 5.10 Å². The molecule has 1 N–H and O–H groups in total. The first-order chi connectivity index (χ1) is 18.5. The number of pyridine rings is 1. The monoisotopic (exact) mass is 509 g/mol. The van der Waals surface area contributed by atoms with Crippen molar-refractivity contribution in [1.82, 2.24) is 30.1 Å². The Kier molecular flexibility index (Phi) is 6.43. The summed E-state index contributed by atoms with van der Waals surface area (Å²) in [5.74, 6) is 0.290. The Bertz CT molecular complexity index is 1610. The molecule has 2 aromatic heterocycles. The molecule has 1 aliphatic heterocycles. The zero-order valence-corrected chi connectivity index (χ0v) is 21.1. The second kappa shape index (κ2) is 10.2. The highest BCUT2D eigenvalue weighted by molar-refractivity contribution is 5.79.